The fourth-order valence-corrected chi connectivity index (χ4v) is 2.28. The second-order valence-electron chi connectivity index (χ2n) is 5.50. The molecular weight excluding hydrogens is 244 g/mol. The van der Waals surface area contributed by atoms with Gasteiger partial charge in [-0.2, -0.15) is 0 Å². The zero-order valence-corrected chi connectivity index (χ0v) is 12.6. The first-order valence-corrected chi connectivity index (χ1v) is 6.62. The van der Waals surface area contributed by atoms with Crippen LogP contribution in [-0.2, 0) is 4.79 Å². The average molecular weight is 268 g/mol. The number of oxazole rings is 1. The van der Waals surface area contributed by atoms with E-state index in [0.717, 1.165) is 11.5 Å². The van der Waals surface area contributed by atoms with E-state index in [1.165, 1.54) is 0 Å². The van der Waals surface area contributed by atoms with Crippen molar-refractivity contribution in [2.24, 2.45) is 5.92 Å². The topological polar surface area (TPSA) is 66.6 Å². The summed E-state index contributed by atoms with van der Waals surface area (Å²) in [5, 5.41) is 9.38. The van der Waals surface area contributed by atoms with Crippen molar-refractivity contribution in [3.05, 3.63) is 17.3 Å². The van der Waals surface area contributed by atoms with Crippen molar-refractivity contribution in [1.29, 1.82) is 0 Å². The molecule has 5 nitrogen and oxygen atoms in total. The molecule has 0 aliphatic heterocycles. The molecule has 1 aromatic rings. The Morgan fingerprint density at radius 3 is 2.32 bits per heavy atom. The Hall–Kier alpha value is -1.36. The molecule has 1 heterocycles. The van der Waals surface area contributed by atoms with Crippen LogP contribution in [0.3, 0.4) is 0 Å². The fourth-order valence-electron chi connectivity index (χ4n) is 2.28. The Morgan fingerprint density at radius 1 is 1.37 bits per heavy atom. The molecule has 1 aromatic heterocycles. The van der Waals surface area contributed by atoms with Crippen molar-refractivity contribution < 1.29 is 14.3 Å². The van der Waals surface area contributed by atoms with Gasteiger partial charge in [-0.25, -0.2) is 4.98 Å². The summed E-state index contributed by atoms with van der Waals surface area (Å²) in [6, 6.07) is -0.594. The summed E-state index contributed by atoms with van der Waals surface area (Å²) in [6.45, 7) is 9.67. The number of hydrogen-bond acceptors (Lipinski definition) is 4. The normalized spacial score (nSPS) is 14.9. The SMILES string of the molecule is Cc1nc(C(C)N(C)C(CC(C)C)C(=O)O)c(C)o1. The summed E-state index contributed by atoms with van der Waals surface area (Å²) in [7, 11) is 1.83. The fraction of sp³-hybridized carbons (Fsp3) is 0.714. The number of carboxylic acid groups (broad SMARTS) is 1. The standard InChI is InChI=1S/C14H24N2O3/c1-8(2)7-12(14(17)18)16(6)9(3)13-10(4)19-11(5)15-13/h8-9,12H,7H2,1-6H3,(H,17,18). The second-order valence-corrected chi connectivity index (χ2v) is 5.50. The maximum atomic E-state index is 11.4. The predicted octanol–water partition coefficient (Wildman–Crippen LogP) is 2.78. The smallest absolute Gasteiger partial charge is 0.320 e. The number of rotatable bonds is 6. The molecule has 0 spiro atoms. The number of aliphatic carboxylic acids is 1. The molecule has 0 saturated carbocycles. The first-order valence-electron chi connectivity index (χ1n) is 6.62. The van der Waals surface area contributed by atoms with Crippen molar-refractivity contribution in [3.63, 3.8) is 0 Å². The number of nitrogens with zero attached hydrogens (tertiary/aromatic N) is 2. The van der Waals surface area contributed by atoms with Crippen LogP contribution in [0.15, 0.2) is 4.42 Å². The molecule has 0 saturated heterocycles. The molecule has 108 valence electrons. The Kier molecular flexibility index (Phi) is 5.11. The second kappa shape index (κ2) is 6.19. The third kappa shape index (κ3) is 3.80. The molecule has 0 aliphatic rings. The Balaban J connectivity index is 2.93. The van der Waals surface area contributed by atoms with Crippen LogP contribution in [-0.4, -0.2) is 34.0 Å². The maximum absolute atomic E-state index is 11.4. The van der Waals surface area contributed by atoms with Crippen LogP contribution in [0.4, 0.5) is 0 Å². The molecule has 2 unspecified atom stereocenters. The lowest BCUT2D eigenvalue weighted by Crippen LogP contribution is -2.41. The highest BCUT2D eigenvalue weighted by molar-refractivity contribution is 5.73. The zero-order chi connectivity index (χ0) is 14.7. The van der Waals surface area contributed by atoms with Gasteiger partial charge in [0.15, 0.2) is 5.89 Å². The van der Waals surface area contributed by atoms with Crippen LogP contribution in [0.25, 0.3) is 0 Å². The molecule has 0 bridgehead atoms. The summed E-state index contributed by atoms with van der Waals surface area (Å²) >= 11 is 0. The summed E-state index contributed by atoms with van der Waals surface area (Å²) in [5.74, 6) is 0.908. The first-order chi connectivity index (χ1) is 8.73. The van der Waals surface area contributed by atoms with E-state index in [2.05, 4.69) is 4.98 Å². The molecule has 0 aliphatic carbocycles. The molecule has 19 heavy (non-hydrogen) atoms. The average Bonchev–Trinajstić information content (AvgIpc) is 2.63. The van der Waals surface area contributed by atoms with Gasteiger partial charge in [0.1, 0.15) is 11.8 Å². The van der Waals surface area contributed by atoms with E-state index in [4.69, 9.17) is 4.42 Å². The van der Waals surface area contributed by atoms with E-state index in [-0.39, 0.29) is 6.04 Å². The van der Waals surface area contributed by atoms with Gasteiger partial charge < -0.3 is 9.52 Å². The van der Waals surface area contributed by atoms with Crippen molar-refractivity contribution >= 4 is 5.97 Å². The third-order valence-corrected chi connectivity index (χ3v) is 3.42. The lowest BCUT2D eigenvalue weighted by molar-refractivity contribution is -0.144. The van der Waals surface area contributed by atoms with E-state index in [1.807, 2.05) is 39.6 Å². The summed E-state index contributed by atoms with van der Waals surface area (Å²) in [5.41, 5.74) is 0.815. The molecule has 1 rings (SSSR count). The van der Waals surface area contributed by atoms with Gasteiger partial charge in [-0.3, -0.25) is 9.69 Å². The molecule has 1 N–H and O–H groups in total. The molecule has 5 heteroatoms. The van der Waals surface area contributed by atoms with E-state index >= 15 is 0 Å². The number of carbonyl (C=O) groups is 1. The minimum Gasteiger partial charge on any atom is -0.480 e. The molecule has 0 fully saturated rings. The van der Waals surface area contributed by atoms with Crippen LogP contribution < -0.4 is 0 Å². The molecule has 0 amide bonds. The quantitative estimate of drug-likeness (QED) is 0.859. The molecule has 0 aromatic carbocycles. The number of carboxylic acids is 1. The summed E-state index contributed by atoms with van der Waals surface area (Å²) < 4.78 is 5.42. The van der Waals surface area contributed by atoms with Crippen molar-refractivity contribution in [3.8, 4) is 0 Å². The van der Waals surface area contributed by atoms with Crippen molar-refractivity contribution in [1.82, 2.24) is 9.88 Å². The van der Waals surface area contributed by atoms with Crippen LogP contribution in [0, 0.1) is 19.8 Å². The van der Waals surface area contributed by atoms with Gasteiger partial charge in [0.05, 0.1) is 11.7 Å². The van der Waals surface area contributed by atoms with E-state index in [9.17, 15) is 9.90 Å². The Bertz CT molecular complexity index is 440. The summed E-state index contributed by atoms with van der Waals surface area (Å²) in [4.78, 5) is 17.6. The number of hydrogen-bond donors (Lipinski definition) is 1. The lowest BCUT2D eigenvalue weighted by atomic mass is 10.0. The highest BCUT2D eigenvalue weighted by atomic mass is 16.4. The molecular formula is C14H24N2O3. The number of likely N-dealkylation sites (N-methyl/N-ethyl adjacent to an activating group) is 1. The Morgan fingerprint density at radius 2 is 1.95 bits per heavy atom. The largest absolute Gasteiger partial charge is 0.480 e. The van der Waals surface area contributed by atoms with E-state index in [1.54, 1.807) is 6.92 Å². The van der Waals surface area contributed by atoms with Gasteiger partial charge in [-0.15, -0.1) is 0 Å². The van der Waals surface area contributed by atoms with Crippen molar-refractivity contribution in [2.45, 2.75) is 53.1 Å². The van der Waals surface area contributed by atoms with E-state index < -0.39 is 12.0 Å². The third-order valence-electron chi connectivity index (χ3n) is 3.42. The lowest BCUT2D eigenvalue weighted by Gasteiger charge is -2.30. The van der Waals surface area contributed by atoms with E-state index in [0.29, 0.717) is 18.2 Å². The monoisotopic (exact) mass is 268 g/mol. The van der Waals surface area contributed by atoms with Crippen LogP contribution in [0.2, 0.25) is 0 Å². The van der Waals surface area contributed by atoms with Crippen molar-refractivity contribution in [2.75, 3.05) is 7.05 Å². The molecule has 2 atom stereocenters. The number of aromatic nitrogens is 1. The first kappa shape index (κ1) is 15.7. The van der Waals surface area contributed by atoms with Gasteiger partial charge in [0.2, 0.25) is 0 Å². The van der Waals surface area contributed by atoms with Crippen LogP contribution in [0.1, 0.15) is 50.6 Å². The van der Waals surface area contributed by atoms with Gasteiger partial charge in [-0.1, -0.05) is 13.8 Å². The van der Waals surface area contributed by atoms with Crippen LogP contribution >= 0.6 is 0 Å². The maximum Gasteiger partial charge on any atom is 0.320 e. The Labute approximate surface area is 114 Å². The highest BCUT2D eigenvalue weighted by Gasteiger charge is 2.29. The minimum atomic E-state index is -0.791. The zero-order valence-electron chi connectivity index (χ0n) is 12.6. The van der Waals surface area contributed by atoms with Gasteiger partial charge in [-0.05, 0) is 33.2 Å². The predicted molar refractivity (Wildman–Crippen MR) is 73.0 cm³/mol. The number of aryl methyl sites for hydroxylation is 2. The van der Waals surface area contributed by atoms with Crippen LogP contribution in [0.5, 0.6) is 0 Å². The summed E-state index contributed by atoms with van der Waals surface area (Å²) in [6.07, 6.45) is 0.617. The van der Waals surface area contributed by atoms with Gasteiger partial charge >= 0.3 is 5.97 Å². The minimum absolute atomic E-state index is 0.0858. The molecule has 0 radical (unpaired) electrons. The van der Waals surface area contributed by atoms with Gasteiger partial charge in [0, 0.05) is 6.92 Å². The van der Waals surface area contributed by atoms with Gasteiger partial charge in [0.25, 0.3) is 0 Å². The highest BCUT2D eigenvalue weighted by Crippen LogP contribution is 2.26.